The van der Waals surface area contributed by atoms with Crippen LogP contribution in [0.3, 0.4) is 0 Å². The number of carbonyl (C=O) groups excluding carboxylic acids is 1. The van der Waals surface area contributed by atoms with Gasteiger partial charge in [-0.1, -0.05) is 45.6 Å². The number of hydrogen-bond acceptors (Lipinski definition) is 3. The van der Waals surface area contributed by atoms with Gasteiger partial charge in [0.15, 0.2) is 0 Å². The minimum absolute atomic E-state index is 0.135. The maximum Gasteiger partial charge on any atom is 0.306 e. The zero-order chi connectivity index (χ0) is 15.7. The SMILES string of the molecule is Cc1cc(COC(=O)CCCCCCC(C)C)ccc1O. The second kappa shape index (κ2) is 9.43. The fourth-order valence-electron chi connectivity index (χ4n) is 2.22. The van der Waals surface area contributed by atoms with Crippen LogP contribution >= 0.6 is 0 Å². The summed E-state index contributed by atoms with van der Waals surface area (Å²) in [7, 11) is 0. The van der Waals surface area contributed by atoms with Crippen LogP contribution in [-0.4, -0.2) is 11.1 Å². The van der Waals surface area contributed by atoms with E-state index in [9.17, 15) is 9.90 Å². The molecule has 0 radical (unpaired) electrons. The molecule has 1 rings (SSSR count). The van der Waals surface area contributed by atoms with E-state index in [1.165, 1.54) is 19.3 Å². The molecule has 118 valence electrons. The van der Waals surface area contributed by atoms with Crippen molar-refractivity contribution in [3.8, 4) is 5.75 Å². The van der Waals surface area contributed by atoms with Crippen LogP contribution in [-0.2, 0) is 16.1 Å². The first kappa shape index (κ1) is 17.5. The summed E-state index contributed by atoms with van der Waals surface area (Å²) in [6.45, 7) is 6.59. The molecule has 0 aliphatic rings. The van der Waals surface area contributed by atoms with Crippen molar-refractivity contribution < 1.29 is 14.6 Å². The van der Waals surface area contributed by atoms with Crippen LogP contribution in [0, 0.1) is 12.8 Å². The molecule has 1 aromatic carbocycles. The molecule has 3 heteroatoms. The van der Waals surface area contributed by atoms with Crippen LogP contribution in [0.5, 0.6) is 5.75 Å². The van der Waals surface area contributed by atoms with Crippen LogP contribution in [0.25, 0.3) is 0 Å². The number of rotatable bonds is 9. The first-order valence-corrected chi connectivity index (χ1v) is 7.93. The van der Waals surface area contributed by atoms with E-state index in [1.807, 2.05) is 13.0 Å². The van der Waals surface area contributed by atoms with E-state index in [4.69, 9.17) is 4.74 Å². The fourth-order valence-corrected chi connectivity index (χ4v) is 2.22. The number of aromatic hydroxyl groups is 1. The van der Waals surface area contributed by atoms with Crippen molar-refractivity contribution in [1.82, 2.24) is 0 Å². The normalized spacial score (nSPS) is 10.9. The highest BCUT2D eigenvalue weighted by molar-refractivity contribution is 5.69. The molecular weight excluding hydrogens is 264 g/mol. The van der Waals surface area contributed by atoms with E-state index < -0.39 is 0 Å². The van der Waals surface area contributed by atoms with Gasteiger partial charge in [0.1, 0.15) is 12.4 Å². The van der Waals surface area contributed by atoms with Crippen molar-refractivity contribution >= 4 is 5.97 Å². The minimum atomic E-state index is -0.135. The molecule has 0 fully saturated rings. The van der Waals surface area contributed by atoms with E-state index in [0.717, 1.165) is 29.9 Å². The number of unbranched alkanes of at least 4 members (excludes halogenated alkanes) is 3. The van der Waals surface area contributed by atoms with Crippen molar-refractivity contribution in [2.75, 3.05) is 0 Å². The van der Waals surface area contributed by atoms with Crippen LogP contribution in [0.1, 0.15) is 63.5 Å². The molecule has 0 aromatic heterocycles. The van der Waals surface area contributed by atoms with Gasteiger partial charge in [-0.2, -0.15) is 0 Å². The van der Waals surface area contributed by atoms with Crippen molar-refractivity contribution in [3.63, 3.8) is 0 Å². The monoisotopic (exact) mass is 292 g/mol. The third-order valence-electron chi connectivity index (χ3n) is 3.57. The quantitative estimate of drug-likeness (QED) is 0.528. The van der Waals surface area contributed by atoms with Crippen molar-refractivity contribution in [2.45, 2.75) is 65.9 Å². The number of phenols is 1. The molecule has 0 saturated heterocycles. The van der Waals surface area contributed by atoms with E-state index in [2.05, 4.69) is 13.8 Å². The molecule has 0 saturated carbocycles. The Kier molecular flexibility index (Phi) is 7.88. The van der Waals surface area contributed by atoms with Gasteiger partial charge in [-0.15, -0.1) is 0 Å². The molecule has 0 aliphatic heterocycles. The van der Waals surface area contributed by atoms with E-state index in [1.54, 1.807) is 12.1 Å². The lowest BCUT2D eigenvalue weighted by atomic mass is 10.0. The Morgan fingerprint density at radius 2 is 1.90 bits per heavy atom. The van der Waals surface area contributed by atoms with Crippen LogP contribution in [0.4, 0.5) is 0 Å². The summed E-state index contributed by atoms with van der Waals surface area (Å²) in [5.41, 5.74) is 1.71. The van der Waals surface area contributed by atoms with Crippen LogP contribution < -0.4 is 0 Å². The standard InChI is InChI=1S/C18H28O3/c1-14(2)8-6-4-5-7-9-18(20)21-13-16-10-11-17(19)15(3)12-16/h10-12,14,19H,4-9,13H2,1-3H3. The van der Waals surface area contributed by atoms with E-state index >= 15 is 0 Å². The molecule has 0 spiro atoms. The first-order chi connectivity index (χ1) is 9.99. The summed E-state index contributed by atoms with van der Waals surface area (Å²) in [5.74, 6) is 0.903. The topological polar surface area (TPSA) is 46.5 Å². The highest BCUT2D eigenvalue weighted by Crippen LogP contribution is 2.17. The Morgan fingerprint density at radius 3 is 2.57 bits per heavy atom. The van der Waals surface area contributed by atoms with E-state index in [-0.39, 0.29) is 18.3 Å². The molecule has 21 heavy (non-hydrogen) atoms. The van der Waals surface area contributed by atoms with Gasteiger partial charge in [-0.25, -0.2) is 0 Å². The molecule has 3 nitrogen and oxygen atoms in total. The Morgan fingerprint density at radius 1 is 1.19 bits per heavy atom. The predicted molar refractivity (Wildman–Crippen MR) is 85.2 cm³/mol. The Labute approximate surface area is 128 Å². The van der Waals surface area contributed by atoms with Gasteiger partial charge in [0, 0.05) is 6.42 Å². The average Bonchev–Trinajstić information content (AvgIpc) is 2.43. The lowest BCUT2D eigenvalue weighted by Gasteiger charge is -2.07. The van der Waals surface area contributed by atoms with E-state index in [0.29, 0.717) is 6.42 Å². The molecule has 0 atom stereocenters. The summed E-state index contributed by atoms with van der Waals surface area (Å²) < 4.78 is 5.25. The van der Waals surface area contributed by atoms with Crippen molar-refractivity contribution in [3.05, 3.63) is 29.3 Å². The maximum absolute atomic E-state index is 11.6. The number of hydrogen-bond donors (Lipinski definition) is 1. The van der Waals surface area contributed by atoms with Gasteiger partial charge in [0.05, 0.1) is 0 Å². The van der Waals surface area contributed by atoms with Gasteiger partial charge >= 0.3 is 5.97 Å². The lowest BCUT2D eigenvalue weighted by molar-refractivity contribution is -0.145. The zero-order valence-electron chi connectivity index (χ0n) is 13.5. The lowest BCUT2D eigenvalue weighted by Crippen LogP contribution is -2.04. The summed E-state index contributed by atoms with van der Waals surface area (Å²) in [4.78, 5) is 11.6. The fraction of sp³-hybridized carbons (Fsp3) is 0.611. The number of benzene rings is 1. The Bertz CT molecular complexity index is 438. The second-order valence-corrected chi connectivity index (χ2v) is 6.13. The van der Waals surface area contributed by atoms with Gasteiger partial charge < -0.3 is 9.84 Å². The number of carbonyl (C=O) groups is 1. The predicted octanol–water partition coefficient (Wildman–Crippen LogP) is 4.74. The minimum Gasteiger partial charge on any atom is -0.508 e. The molecule has 0 bridgehead atoms. The van der Waals surface area contributed by atoms with Crippen LogP contribution in [0.15, 0.2) is 18.2 Å². The van der Waals surface area contributed by atoms with Gasteiger partial charge in [-0.3, -0.25) is 4.79 Å². The Hall–Kier alpha value is -1.51. The third kappa shape index (κ3) is 7.74. The number of phenolic OH excluding ortho intramolecular Hbond substituents is 1. The smallest absolute Gasteiger partial charge is 0.306 e. The van der Waals surface area contributed by atoms with Crippen molar-refractivity contribution in [1.29, 1.82) is 0 Å². The molecule has 0 unspecified atom stereocenters. The van der Waals surface area contributed by atoms with Crippen LogP contribution in [0.2, 0.25) is 0 Å². The number of esters is 1. The molecule has 1 N–H and O–H groups in total. The summed E-state index contributed by atoms with van der Waals surface area (Å²) >= 11 is 0. The third-order valence-corrected chi connectivity index (χ3v) is 3.57. The maximum atomic E-state index is 11.6. The molecule has 0 amide bonds. The summed E-state index contributed by atoms with van der Waals surface area (Å²) in [6.07, 6.45) is 6.22. The molecule has 0 aliphatic carbocycles. The molecule has 1 aromatic rings. The zero-order valence-corrected chi connectivity index (χ0v) is 13.5. The highest BCUT2D eigenvalue weighted by atomic mass is 16.5. The van der Waals surface area contributed by atoms with Gasteiger partial charge in [0.25, 0.3) is 0 Å². The first-order valence-electron chi connectivity index (χ1n) is 7.93. The summed E-state index contributed by atoms with van der Waals surface area (Å²) in [5, 5.41) is 9.43. The second-order valence-electron chi connectivity index (χ2n) is 6.13. The molecule has 0 heterocycles. The Balaban J connectivity index is 2.12. The highest BCUT2D eigenvalue weighted by Gasteiger charge is 2.05. The number of aryl methyl sites for hydroxylation is 1. The molecular formula is C18H28O3. The van der Waals surface area contributed by atoms with Crippen molar-refractivity contribution in [2.24, 2.45) is 5.92 Å². The van der Waals surface area contributed by atoms with Gasteiger partial charge in [-0.05, 0) is 42.5 Å². The number of ether oxygens (including phenoxy) is 1. The largest absolute Gasteiger partial charge is 0.508 e. The summed E-state index contributed by atoms with van der Waals surface area (Å²) in [6, 6.07) is 5.25. The van der Waals surface area contributed by atoms with Gasteiger partial charge in [0.2, 0.25) is 0 Å². The average molecular weight is 292 g/mol.